The fourth-order valence-corrected chi connectivity index (χ4v) is 4.53. The van der Waals surface area contributed by atoms with Crippen LogP contribution < -0.4 is 5.56 Å². The molecule has 2 aromatic heterocycles. The van der Waals surface area contributed by atoms with E-state index in [9.17, 15) is 13.2 Å². The van der Waals surface area contributed by atoms with Crippen molar-refractivity contribution in [2.24, 2.45) is 0 Å². The number of aromatic nitrogens is 3. The lowest BCUT2D eigenvalue weighted by Gasteiger charge is -2.12. The average Bonchev–Trinajstić information content (AvgIpc) is 2.54. The fourth-order valence-electron chi connectivity index (χ4n) is 2.34. The summed E-state index contributed by atoms with van der Waals surface area (Å²) in [6, 6.07) is 10.7. The van der Waals surface area contributed by atoms with Crippen molar-refractivity contribution >= 4 is 32.5 Å². The van der Waals surface area contributed by atoms with Gasteiger partial charge < -0.3 is 0 Å². The molecule has 0 N–H and O–H groups in total. The Morgan fingerprint density at radius 2 is 1.96 bits per heavy atom. The van der Waals surface area contributed by atoms with E-state index in [1.807, 2.05) is 19.1 Å². The number of rotatable bonds is 5. The maximum absolute atomic E-state index is 13.0. The standard InChI is InChI=1S/C17H17N3O3S2/c1-12-7-8-18-15(11-12)20-16(21)13-5-3-4-6-14(13)19-17(20)24-9-10-25(2,22)23/h3-8,11H,9-10H2,1-2H3. The number of fused-ring (bicyclic) bond motifs is 1. The van der Waals surface area contributed by atoms with Crippen molar-refractivity contribution in [1.82, 2.24) is 14.5 Å². The Balaban J connectivity index is 2.16. The second-order valence-electron chi connectivity index (χ2n) is 5.72. The summed E-state index contributed by atoms with van der Waals surface area (Å²) in [5.74, 6) is 0.807. The Hall–Kier alpha value is -2.19. The number of aryl methyl sites for hydroxylation is 1. The molecule has 0 unspecified atom stereocenters. The first-order valence-electron chi connectivity index (χ1n) is 7.60. The quantitative estimate of drug-likeness (QED) is 0.502. The zero-order chi connectivity index (χ0) is 18.0. The van der Waals surface area contributed by atoms with Crippen LogP contribution in [-0.2, 0) is 9.84 Å². The summed E-state index contributed by atoms with van der Waals surface area (Å²) in [4.78, 5) is 21.8. The number of thioether (sulfide) groups is 1. The normalized spacial score (nSPS) is 11.8. The van der Waals surface area contributed by atoms with E-state index in [1.54, 1.807) is 30.5 Å². The summed E-state index contributed by atoms with van der Waals surface area (Å²) in [5.41, 5.74) is 1.33. The van der Waals surface area contributed by atoms with Crippen LogP contribution in [0.2, 0.25) is 0 Å². The average molecular weight is 375 g/mol. The maximum Gasteiger partial charge on any atom is 0.267 e. The molecule has 0 fully saturated rings. The molecule has 0 atom stereocenters. The third kappa shape index (κ3) is 4.08. The predicted molar refractivity (Wildman–Crippen MR) is 100 cm³/mol. The van der Waals surface area contributed by atoms with Crippen LogP contribution in [0.25, 0.3) is 16.7 Å². The summed E-state index contributed by atoms with van der Waals surface area (Å²) in [5, 5.41) is 0.934. The lowest BCUT2D eigenvalue weighted by molar-refractivity contribution is 0.603. The van der Waals surface area contributed by atoms with Gasteiger partial charge in [-0.25, -0.2) is 23.0 Å². The van der Waals surface area contributed by atoms with E-state index in [0.717, 1.165) is 5.56 Å². The van der Waals surface area contributed by atoms with Crippen molar-refractivity contribution in [3.63, 3.8) is 0 Å². The second-order valence-corrected chi connectivity index (χ2v) is 9.04. The van der Waals surface area contributed by atoms with Crippen LogP contribution in [0.3, 0.4) is 0 Å². The molecule has 1 aromatic carbocycles. The van der Waals surface area contributed by atoms with Crippen LogP contribution in [0.5, 0.6) is 0 Å². The van der Waals surface area contributed by atoms with Gasteiger partial charge in [0.2, 0.25) is 0 Å². The zero-order valence-electron chi connectivity index (χ0n) is 13.8. The Morgan fingerprint density at radius 1 is 1.20 bits per heavy atom. The van der Waals surface area contributed by atoms with Gasteiger partial charge in [0.05, 0.1) is 16.7 Å². The molecule has 3 rings (SSSR count). The van der Waals surface area contributed by atoms with E-state index >= 15 is 0 Å². The van der Waals surface area contributed by atoms with Crippen molar-refractivity contribution in [3.8, 4) is 5.82 Å². The van der Waals surface area contributed by atoms with Gasteiger partial charge in [0.15, 0.2) is 5.16 Å². The number of hydrogen-bond acceptors (Lipinski definition) is 6. The van der Waals surface area contributed by atoms with E-state index < -0.39 is 9.84 Å². The molecule has 0 amide bonds. The molecule has 6 nitrogen and oxygen atoms in total. The van der Waals surface area contributed by atoms with E-state index in [4.69, 9.17) is 0 Å². The van der Waals surface area contributed by atoms with Crippen molar-refractivity contribution in [1.29, 1.82) is 0 Å². The first-order chi connectivity index (χ1) is 11.8. The lowest BCUT2D eigenvalue weighted by atomic mass is 10.2. The van der Waals surface area contributed by atoms with Gasteiger partial charge in [0.25, 0.3) is 5.56 Å². The minimum absolute atomic E-state index is 0.0155. The number of nitrogens with zero attached hydrogens (tertiary/aromatic N) is 3. The minimum Gasteiger partial charge on any atom is -0.268 e. The second kappa shape index (κ2) is 6.97. The summed E-state index contributed by atoms with van der Waals surface area (Å²) >= 11 is 1.24. The highest BCUT2D eigenvalue weighted by molar-refractivity contribution is 8.00. The Kier molecular flexibility index (Phi) is 4.91. The van der Waals surface area contributed by atoms with Gasteiger partial charge in [-0.15, -0.1) is 0 Å². The van der Waals surface area contributed by atoms with Crippen LogP contribution in [0.1, 0.15) is 5.56 Å². The predicted octanol–water partition coefficient (Wildman–Crippen LogP) is 2.23. The number of pyridine rings is 1. The number of para-hydroxylation sites is 1. The third-order valence-corrected chi connectivity index (χ3v) is 5.70. The van der Waals surface area contributed by atoms with Crippen molar-refractivity contribution in [2.75, 3.05) is 17.8 Å². The van der Waals surface area contributed by atoms with E-state index in [-0.39, 0.29) is 11.3 Å². The molecule has 130 valence electrons. The van der Waals surface area contributed by atoms with Crippen molar-refractivity contribution in [3.05, 3.63) is 58.5 Å². The van der Waals surface area contributed by atoms with Gasteiger partial charge in [0, 0.05) is 18.2 Å². The highest BCUT2D eigenvalue weighted by atomic mass is 32.2. The first-order valence-corrected chi connectivity index (χ1v) is 10.6. The molecule has 0 saturated carbocycles. The third-order valence-electron chi connectivity index (χ3n) is 3.56. The zero-order valence-corrected chi connectivity index (χ0v) is 15.5. The number of hydrogen-bond donors (Lipinski definition) is 0. The Bertz CT molecular complexity index is 1090. The molecule has 8 heteroatoms. The molecule has 0 aliphatic heterocycles. The van der Waals surface area contributed by atoms with Crippen molar-refractivity contribution in [2.45, 2.75) is 12.1 Å². The van der Waals surface area contributed by atoms with E-state index in [1.165, 1.54) is 22.6 Å². The van der Waals surface area contributed by atoms with Crippen LogP contribution >= 0.6 is 11.8 Å². The van der Waals surface area contributed by atoms with Crippen LogP contribution in [-0.4, -0.2) is 40.7 Å². The van der Waals surface area contributed by atoms with Crippen molar-refractivity contribution < 1.29 is 8.42 Å². The number of benzene rings is 1. The van der Waals surface area contributed by atoms with E-state index in [2.05, 4.69) is 9.97 Å². The lowest BCUT2D eigenvalue weighted by Crippen LogP contribution is -2.23. The Labute approximate surface area is 149 Å². The molecule has 3 aromatic rings. The monoisotopic (exact) mass is 375 g/mol. The SMILES string of the molecule is Cc1ccnc(-n2c(SCCS(C)(=O)=O)nc3ccccc3c2=O)c1. The fraction of sp³-hybridized carbons (Fsp3) is 0.235. The summed E-state index contributed by atoms with van der Waals surface area (Å²) in [7, 11) is -3.08. The molecular weight excluding hydrogens is 358 g/mol. The molecular formula is C17H17N3O3S2. The van der Waals surface area contributed by atoms with Gasteiger partial charge in [0.1, 0.15) is 15.7 Å². The van der Waals surface area contributed by atoms with Crippen LogP contribution in [0, 0.1) is 6.92 Å². The highest BCUT2D eigenvalue weighted by Gasteiger charge is 2.15. The molecule has 0 saturated heterocycles. The first kappa shape index (κ1) is 17.6. The van der Waals surface area contributed by atoms with Crippen LogP contribution in [0.4, 0.5) is 0 Å². The van der Waals surface area contributed by atoms with E-state index in [0.29, 0.717) is 27.6 Å². The molecule has 2 heterocycles. The molecule has 0 aliphatic carbocycles. The summed E-state index contributed by atoms with van der Waals surface area (Å²) in [6.45, 7) is 1.92. The molecule has 0 bridgehead atoms. The minimum atomic E-state index is -3.08. The van der Waals surface area contributed by atoms with Gasteiger partial charge >= 0.3 is 0 Å². The smallest absolute Gasteiger partial charge is 0.267 e. The summed E-state index contributed by atoms with van der Waals surface area (Å²) < 4.78 is 24.2. The van der Waals surface area contributed by atoms with Gasteiger partial charge in [-0.1, -0.05) is 23.9 Å². The van der Waals surface area contributed by atoms with Crippen LogP contribution in [0.15, 0.2) is 52.5 Å². The topological polar surface area (TPSA) is 81.9 Å². The molecule has 0 spiro atoms. The van der Waals surface area contributed by atoms with Gasteiger partial charge in [-0.05, 0) is 36.8 Å². The van der Waals surface area contributed by atoms with Gasteiger partial charge in [-0.3, -0.25) is 4.79 Å². The number of sulfone groups is 1. The molecule has 0 aliphatic rings. The molecule has 25 heavy (non-hydrogen) atoms. The molecule has 0 radical (unpaired) electrons. The van der Waals surface area contributed by atoms with Gasteiger partial charge in [-0.2, -0.15) is 0 Å². The largest absolute Gasteiger partial charge is 0.268 e. The Morgan fingerprint density at radius 3 is 2.68 bits per heavy atom. The summed E-state index contributed by atoms with van der Waals surface area (Å²) in [6.07, 6.45) is 2.83. The highest BCUT2D eigenvalue weighted by Crippen LogP contribution is 2.21. The maximum atomic E-state index is 13.0.